The molecule has 20 heavy (non-hydrogen) atoms. The fourth-order valence-electron chi connectivity index (χ4n) is 3.52. The number of aliphatic carboxylic acids is 1. The SMILES string of the molecule is CCCN1CCCC(N2CCN(CC(=O)O)CC2)CC1. The number of hydrogen-bond acceptors (Lipinski definition) is 4. The van der Waals surface area contributed by atoms with Gasteiger partial charge in [-0.2, -0.15) is 0 Å². The first-order valence-corrected chi connectivity index (χ1v) is 8.09. The van der Waals surface area contributed by atoms with E-state index in [0.29, 0.717) is 6.04 Å². The molecule has 2 aliphatic heterocycles. The second-order valence-corrected chi connectivity index (χ2v) is 6.13. The summed E-state index contributed by atoms with van der Waals surface area (Å²) in [5.41, 5.74) is 0. The van der Waals surface area contributed by atoms with Crippen molar-refractivity contribution in [1.29, 1.82) is 0 Å². The normalized spacial score (nSPS) is 27.4. The van der Waals surface area contributed by atoms with Crippen LogP contribution in [0.4, 0.5) is 0 Å². The van der Waals surface area contributed by atoms with Gasteiger partial charge < -0.3 is 10.0 Å². The molecule has 0 amide bonds. The summed E-state index contributed by atoms with van der Waals surface area (Å²) in [7, 11) is 0. The molecular weight excluding hydrogens is 254 g/mol. The van der Waals surface area contributed by atoms with E-state index in [1.807, 2.05) is 0 Å². The molecule has 116 valence electrons. The number of carboxylic acids is 1. The molecule has 2 aliphatic rings. The maximum atomic E-state index is 10.7. The molecule has 0 saturated carbocycles. The summed E-state index contributed by atoms with van der Waals surface area (Å²) in [6.07, 6.45) is 5.14. The monoisotopic (exact) mass is 283 g/mol. The fourth-order valence-corrected chi connectivity index (χ4v) is 3.52. The van der Waals surface area contributed by atoms with Crippen molar-refractivity contribution in [2.24, 2.45) is 0 Å². The molecule has 0 bridgehead atoms. The highest BCUT2D eigenvalue weighted by Crippen LogP contribution is 2.18. The lowest BCUT2D eigenvalue weighted by Crippen LogP contribution is -2.51. The zero-order valence-electron chi connectivity index (χ0n) is 12.8. The van der Waals surface area contributed by atoms with E-state index in [-0.39, 0.29) is 6.54 Å². The van der Waals surface area contributed by atoms with Crippen molar-refractivity contribution >= 4 is 5.97 Å². The van der Waals surface area contributed by atoms with Gasteiger partial charge in [0.25, 0.3) is 0 Å². The summed E-state index contributed by atoms with van der Waals surface area (Å²) in [4.78, 5) is 18.0. The van der Waals surface area contributed by atoms with Gasteiger partial charge >= 0.3 is 5.97 Å². The van der Waals surface area contributed by atoms with E-state index < -0.39 is 5.97 Å². The number of rotatable bonds is 5. The highest BCUT2D eigenvalue weighted by atomic mass is 16.4. The Hall–Kier alpha value is -0.650. The predicted octanol–water partition coefficient (Wildman–Crippen LogP) is 0.953. The van der Waals surface area contributed by atoms with Crippen LogP contribution in [-0.2, 0) is 4.79 Å². The van der Waals surface area contributed by atoms with Gasteiger partial charge in [-0.1, -0.05) is 6.92 Å². The van der Waals surface area contributed by atoms with E-state index in [9.17, 15) is 4.79 Å². The minimum atomic E-state index is -0.705. The van der Waals surface area contributed by atoms with Crippen molar-refractivity contribution in [3.05, 3.63) is 0 Å². The van der Waals surface area contributed by atoms with Crippen LogP contribution in [0, 0.1) is 0 Å². The molecule has 0 spiro atoms. The quantitative estimate of drug-likeness (QED) is 0.814. The molecular formula is C15H29N3O2. The first-order valence-electron chi connectivity index (χ1n) is 8.09. The van der Waals surface area contributed by atoms with Gasteiger partial charge in [-0.05, 0) is 45.3 Å². The highest BCUT2D eigenvalue weighted by molar-refractivity contribution is 5.69. The number of piperazine rings is 1. The first-order chi connectivity index (χ1) is 9.69. The predicted molar refractivity (Wildman–Crippen MR) is 80.0 cm³/mol. The zero-order valence-corrected chi connectivity index (χ0v) is 12.8. The lowest BCUT2D eigenvalue weighted by Gasteiger charge is -2.38. The third kappa shape index (κ3) is 4.72. The van der Waals surface area contributed by atoms with Crippen molar-refractivity contribution in [3.63, 3.8) is 0 Å². The van der Waals surface area contributed by atoms with E-state index in [1.54, 1.807) is 0 Å². The third-order valence-corrected chi connectivity index (χ3v) is 4.61. The van der Waals surface area contributed by atoms with E-state index in [0.717, 1.165) is 26.2 Å². The second-order valence-electron chi connectivity index (χ2n) is 6.13. The Bertz CT molecular complexity index is 303. The number of hydrogen-bond donors (Lipinski definition) is 1. The molecule has 5 nitrogen and oxygen atoms in total. The van der Waals surface area contributed by atoms with Crippen LogP contribution in [0.25, 0.3) is 0 Å². The smallest absolute Gasteiger partial charge is 0.317 e. The van der Waals surface area contributed by atoms with Crippen molar-refractivity contribution in [2.45, 2.75) is 38.6 Å². The topological polar surface area (TPSA) is 47.0 Å². The van der Waals surface area contributed by atoms with E-state index in [1.165, 1.54) is 45.3 Å². The highest BCUT2D eigenvalue weighted by Gasteiger charge is 2.26. The third-order valence-electron chi connectivity index (χ3n) is 4.61. The summed E-state index contributed by atoms with van der Waals surface area (Å²) in [5.74, 6) is -0.705. The largest absolute Gasteiger partial charge is 0.480 e. The number of nitrogens with zero attached hydrogens (tertiary/aromatic N) is 3. The lowest BCUT2D eigenvalue weighted by molar-refractivity contribution is -0.138. The van der Waals surface area contributed by atoms with Gasteiger partial charge in [0.1, 0.15) is 0 Å². The van der Waals surface area contributed by atoms with Crippen LogP contribution >= 0.6 is 0 Å². The van der Waals surface area contributed by atoms with Crippen LogP contribution in [-0.4, -0.2) is 84.2 Å². The van der Waals surface area contributed by atoms with Crippen LogP contribution in [0.15, 0.2) is 0 Å². The van der Waals surface area contributed by atoms with E-state index in [2.05, 4.69) is 21.6 Å². The van der Waals surface area contributed by atoms with Crippen molar-refractivity contribution < 1.29 is 9.90 Å². The maximum absolute atomic E-state index is 10.7. The number of carbonyl (C=O) groups is 1. The molecule has 0 aromatic rings. The number of likely N-dealkylation sites (tertiary alicyclic amines) is 1. The van der Waals surface area contributed by atoms with Crippen molar-refractivity contribution in [1.82, 2.24) is 14.7 Å². The van der Waals surface area contributed by atoms with Gasteiger partial charge in [-0.3, -0.25) is 14.6 Å². The van der Waals surface area contributed by atoms with Gasteiger partial charge in [0.15, 0.2) is 0 Å². The Morgan fingerprint density at radius 3 is 2.45 bits per heavy atom. The molecule has 5 heteroatoms. The molecule has 2 heterocycles. The average Bonchev–Trinajstić information content (AvgIpc) is 2.65. The van der Waals surface area contributed by atoms with Gasteiger partial charge in [-0.15, -0.1) is 0 Å². The van der Waals surface area contributed by atoms with Gasteiger partial charge in [0.2, 0.25) is 0 Å². The van der Waals surface area contributed by atoms with Crippen LogP contribution in [0.1, 0.15) is 32.6 Å². The summed E-state index contributed by atoms with van der Waals surface area (Å²) in [6.45, 7) is 10.0. The standard InChI is InChI=1S/C15H29N3O2/c1-2-6-16-7-3-4-14(5-8-16)18-11-9-17(10-12-18)13-15(19)20/h14H,2-13H2,1H3,(H,19,20). The Morgan fingerprint density at radius 1 is 1.05 bits per heavy atom. The first kappa shape index (κ1) is 15.7. The molecule has 2 fully saturated rings. The molecule has 2 saturated heterocycles. The molecule has 1 unspecified atom stereocenters. The molecule has 0 aromatic carbocycles. The van der Waals surface area contributed by atoms with Crippen LogP contribution in [0.3, 0.4) is 0 Å². The summed E-state index contributed by atoms with van der Waals surface area (Å²) < 4.78 is 0. The molecule has 0 aliphatic carbocycles. The Labute approximate surface area is 122 Å². The number of carboxylic acid groups (broad SMARTS) is 1. The zero-order chi connectivity index (χ0) is 14.4. The Balaban J connectivity index is 1.74. The lowest BCUT2D eigenvalue weighted by atomic mass is 10.1. The molecule has 0 aromatic heterocycles. The van der Waals surface area contributed by atoms with E-state index >= 15 is 0 Å². The minimum Gasteiger partial charge on any atom is -0.480 e. The Kier molecular flexibility index (Phi) is 6.26. The van der Waals surface area contributed by atoms with Gasteiger partial charge in [-0.25, -0.2) is 0 Å². The second kappa shape index (κ2) is 7.96. The average molecular weight is 283 g/mol. The van der Waals surface area contributed by atoms with Crippen molar-refractivity contribution in [2.75, 3.05) is 52.4 Å². The maximum Gasteiger partial charge on any atom is 0.317 e. The van der Waals surface area contributed by atoms with Crippen LogP contribution in [0.2, 0.25) is 0 Å². The van der Waals surface area contributed by atoms with Crippen molar-refractivity contribution in [3.8, 4) is 0 Å². The summed E-state index contributed by atoms with van der Waals surface area (Å²) in [5, 5.41) is 8.84. The molecule has 1 N–H and O–H groups in total. The van der Waals surface area contributed by atoms with E-state index in [4.69, 9.17) is 5.11 Å². The van der Waals surface area contributed by atoms with Gasteiger partial charge in [0.05, 0.1) is 6.54 Å². The fraction of sp³-hybridized carbons (Fsp3) is 0.933. The molecule has 2 rings (SSSR count). The summed E-state index contributed by atoms with van der Waals surface area (Å²) >= 11 is 0. The summed E-state index contributed by atoms with van der Waals surface area (Å²) in [6, 6.07) is 0.712. The molecule has 1 atom stereocenters. The minimum absolute atomic E-state index is 0.197. The van der Waals surface area contributed by atoms with Gasteiger partial charge in [0, 0.05) is 32.2 Å². The Morgan fingerprint density at radius 2 is 1.80 bits per heavy atom. The van der Waals surface area contributed by atoms with Crippen LogP contribution in [0.5, 0.6) is 0 Å². The molecule has 0 radical (unpaired) electrons. The van der Waals surface area contributed by atoms with Crippen LogP contribution < -0.4 is 0 Å².